The van der Waals surface area contributed by atoms with Gasteiger partial charge in [0.1, 0.15) is 6.61 Å². The van der Waals surface area contributed by atoms with E-state index in [-0.39, 0.29) is 18.6 Å². The zero-order chi connectivity index (χ0) is 22.1. The monoisotopic (exact) mass is 434 g/mol. The van der Waals surface area contributed by atoms with E-state index in [9.17, 15) is 14.7 Å². The predicted molar refractivity (Wildman–Crippen MR) is 122 cm³/mol. The van der Waals surface area contributed by atoms with Crippen LogP contribution in [-0.4, -0.2) is 28.7 Å². The first-order valence-electron chi connectivity index (χ1n) is 10.7. The van der Waals surface area contributed by atoms with Crippen molar-refractivity contribution in [3.8, 4) is 11.4 Å². The number of ether oxygens (including phenoxy) is 1. The lowest BCUT2D eigenvalue weighted by Crippen LogP contribution is -2.44. The third kappa shape index (κ3) is 2.91. The first-order chi connectivity index (χ1) is 14.6. The maximum absolute atomic E-state index is 13.4. The maximum Gasteiger partial charge on any atom is 0.343 e. The van der Waals surface area contributed by atoms with Crippen molar-refractivity contribution in [1.29, 1.82) is 0 Å². The summed E-state index contributed by atoms with van der Waals surface area (Å²) in [6.45, 7) is 9.08. The molecule has 4 heterocycles. The van der Waals surface area contributed by atoms with Crippen LogP contribution in [0.25, 0.3) is 22.3 Å². The van der Waals surface area contributed by atoms with Crippen LogP contribution in [0.4, 0.5) is 0 Å². The van der Waals surface area contributed by atoms with E-state index in [1.807, 2.05) is 18.2 Å². The summed E-state index contributed by atoms with van der Waals surface area (Å²) in [5.41, 5.74) is 3.39. The van der Waals surface area contributed by atoms with Crippen molar-refractivity contribution < 1.29 is 14.6 Å². The second kappa shape index (κ2) is 6.61. The van der Waals surface area contributed by atoms with Crippen molar-refractivity contribution in [1.82, 2.24) is 9.55 Å². The van der Waals surface area contributed by atoms with E-state index in [1.165, 1.54) is 5.56 Å². The molecule has 0 radical (unpaired) electrons. The molecule has 0 amide bonds. The van der Waals surface area contributed by atoms with Crippen LogP contribution >= 0.6 is 0 Å². The van der Waals surface area contributed by atoms with E-state index in [0.29, 0.717) is 23.4 Å². The standard InChI is InChI=1S/C24H26N2O4Si/c1-5-24(29)18-10-20-21-15(11-26(20)22(27)16(18)12-30-23(24)28)17(13-31(2,3)4)14-8-6-7-9-19(14)25-21/h6-10,29H,5,11-13H2,1-4H3/t24-/m0/s1. The van der Waals surface area contributed by atoms with Crippen molar-refractivity contribution in [3.05, 3.63) is 62.9 Å². The highest BCUT2D eigenvalue weighted by atomic mass is 28.3. The SMILES string of the molecule is CC[C@@]1(O)C(=O)OCc2c1cc1n(c2=O)Cc2c-1nc1ccccc1c2C[Si](C)(C)C. The smallest absolute Gasteiger partial charge is 0.343 e. The number of nitrogens with zero attached hydrogens (tertiary/aromatic N) is 2. The second-order valence-electron chi connectivity index (χ2n) is 9.78. The predicted octanol–water partition coefficient (Wildman–Crippen LogP) is 3.50. The third-order valence-electron chi connectivity index (χ3n) is 6.42. The van der Waals surface area contributed by atoms with Crippen LogP contribution in [0.1, 0.15) is 35.6 Å². The number of benzene rings is 1. The summed E-state index contributed by atoms with van der Waals surface area (Å²) in [7, 11) is -1.46. The number of esters is 1. The van der Waals surface area contributed by atoms with Crippen molar-refractivity contribution in [3.63, 3.8) is 0 Å². The Kier molecular flexibility index (Phi) is 4.30. The van der Waals surface area contributed by atoms with E-state index < -0.39 is 19.6 Å². The minimum Gasteiger partial charge on any atom is -0.458 e. The number of carbonyl (C=O) groups is 1. The van der Waals surface area contributed by atoms with Crippen LogP contribution in [-0.2, 0) is 34.3 Å². The highest BCUT2D eigenvalue weighted by molar-refractivity contribution is 6.75. The Balaban J connectivity index is 1.82. The summed E-state index contributed by atoms with van der Waals surface area (Å²) in [4.78, 5) is 30.7. The highest BCUT2D eigenvalue weighted by Gasteiger charge is 2.45. The number of aromatic nitrogens is 2. The number of pyridine rings is 2. The fraction of sp³-hybridized carbons (Fsp3) is 0.375. The van der Waals surface area contributed by atoms with Crippen LogP contribution < -0.4 is 5.56 Å². The molecule has 2 aliphatic rings. The van der Waals surface area contributed by atoms with Gasteiger partial charge in [0.25, 0.3) is 5.56 Å². The summed E-state index contributed by atoms with van der Waals surface area (Å²) >= 11 is 0. The molecule has 1 aromatic carbocycles. The van der Waals surface area contributed by atoms with E-state index in [1.54, 1.807) is 17.6 Å². The molecule has 5 rings (SSSR count). The molecule has 1 atom stereocenters. The minimum atomic E-state index is -1.80. The van der Waals surface area contributed by atoms with Crippen molar-refractivity contribution >= 4 is 24.9 Å². The fourth-order valence-electron chi connectivity index (χ4n) is 4.85. The number of hydrogen-bond acceptors (Lipinski definition) is 5. The normalized spacial score (nSPS) is 19.7. The molecular weight excluding hydrogens is 408 g/mol. The summed E-state index contributed by atoms with van der Waals surface area (Å²) in [6, 6.07) is 10.9. The Morgan fingerprint density at radius 3 is 2.65 bits per heavy atom. The molecule has 160 valence electrons. The van der Waals surface area contributed by atoms with Crippen molar-refractivity contribution in [2.45, 2.75) is 57.8 Å². The lowest BCUT2D eigenvalue weighted by molar-refractivity contribution is -0.172. The highest BCUT2D eigenvalue weighted by Crippen LogP contribution is 2.40. The van der Waals surface area contributed by atoms with Crippen LogP contribution in [0, 0.1) is 0 Å². The number of aliphatic hydroxyl groups is 1. The molecule has 0 saturated carbocycles. The van der Waals surface area contributed by atoms with Gasteiger partial charge in [-0.2, -0.15) is 0 Å². The molecule has 0 unspecified atom stereocenters. The number of fused-ring (bicyclic) bond motifs is 5. The molecule has 7 heteroatoms. The second-order valence-corrected chi connectivity index (χ2v) is 15.3. The van der Waals surface area contributed by atoms with Gasteiger partial charge < -0.3 is 14.4 Å². The molecule has 2 aliphatic heterocycles. The largest absolute Gasteiger partial charge is 0.458 e. The van der Waals surface area contributed by atoms with E-state index in [2.05, 4.69) is 25.7 Å². The summed E-state index contributed by atoms with van der Waals surface area (Å²) in [6.07, 6.45) is 0.139. The van der Waals surface area contributed by atoms with Gasteiger partial charge in [0.15, 0.2) is 5.60 Å². The Hall–Kier alpha value is -2.77. The maximum atomic E-state index is 13.4. The average molecular weight is 435 g/mol. The van der Waals surface area contributed by atoms with Crippen LogP contribution in [0.5, 0.6) is 0 Å². The first-order valence-corrected chi connectivity index (χ1v) is 14.4. The van der Waals surface area contributed by atoms with Gasteiger partial charge in [0, 0.05) is 24.6 Å². The number of rotatable bonds is 3. The van der Waals surface area contributed by atoms with Gasteiger partial charge in [-0.25, -0.2) is 9.78 Å². The molecule has 0 saturated heterocycles. The topological polar surface area (TPSA) is 81.4 Å². The Labute approximate surface area is 181 Å². The van der Waals surface area contributed by atoms with E-state index in [4.69, 9.17) is 9.72 Å². The molecule has 0 spiro atoms. The van der Waals surface area contributed by atoms with Gasteiger partial charge in [-0.05, 0) is 30.2 Å². The van der Waals surface area contributed by atoms with Crippen LogP contribution in [0.2, 0.25) is 19.6 Å². The lowest BCUT2D eigenvalue weighted by atomic mass is 9.86. The zero-order valence-electron chi connectivity index (χ0n) is 18.3. The molecule has 2 aromatic heterocycles. The van der Waals surface area contributed by atoms with Crippen molar-refractivity contribution in [2.75, 3.05) is 0 Å². The van der Waals surface area contributed by atoms with E-state index >= 15 is 0 Å². The van der Waals surface area contributed by atoms with Gasteiger partial charge in [-0.3, -0.25) is 4.79 Å². The molecule has 6 nitrogen and oxygen atoms in total. The molecule has 31 heavy (non-hydrogen) atoms. The van der Waals surface area contributed by atoms with Gasteiger partial charge in [0.2, 0.25) is 0 Å². The van der Waals surface area contributed by atoms with Gasteiger partial charge in [-0.1, -0.05) is 44.8 Å². The average Bonchev–Trinajstić information content (AvgIpc) is 3.09. The fourth-order valence-corrected chi connectivity index (χ4v) is 6.31. The number of hydrogen-bond donors (Lipinski definition) is 1. The molecule has 0 fully saturated rings. The molecule has 3 aromatic rings. The van der Waals surface area contributed by atoms with Crippen LogP contribution in [0.3, 0.4) is 0 Å². The molecule has 1 N–H and O–H groups in total. The van der Waals surface area contributed by atoms with E-state index in [0.717, 1.165) is 28.2 Å². The Morgan fingerprint density at radius 1 is 1.19 bits per heavy atom. The minimum absolute atomic E-state index is 0.108. The van der Waals surface area contributed by atoms with Crippen molar-refractivity contribution in [2.24, 2.45) is 0 Å². The first kappa shape index (κ1) is 20.1. The van der Waals surface area contributed by atoms with Gasteiger partial charge in [0.05, 0.1) is 29.0 Å². The number of para-hydroxylation sites is 1. The summed E-state index contributed by atoms with van der Waals surface area (Å²) in [5.74, 6) is -0.698. The quantitative estimate of drug-likeness (QED) is 0.394. The van der Waals surface area contributed by atoms with Gasteiger partial charge in [-0.15, -0.1) is 0 Å². The third-order valence-corrected chi connectivity index (χ3v) is 7.83. The summed E-state index contributed by atoms with van der Waals surface area (Å²) < 4.78 is 6.89. The number of cyclic esters (lactones) is 1. The Morgan fingerprint density at radius 2 is 1.94 bits per heavy atom. The molecule has 0 bridgehead atoms. The summed E-state index contributed by atoms with van der Waals surface area (Å²) in [5, 5.41) is 12.2. The lowest BCUT2D eigenvalue weighted by Gasteiger charge is -2.31. The van der Waals surface area contributed by atoms with Gasteiger partial charge >= 0.3 is 5.97 Å². The molecular formula is C24H26N2O4Si. The number of carbonyl (C=O) groups excluding carboxylic acids is 1. The molecule has 0 aliphatic carbocycles. The zero-order valence-corrected chi connectivity index (χ0v) is 19.3. The Bertz CT molecular complexity index is 1320. The van der Waals surface area contributed by atoms with Crippen LogP contribution in [0.15, 0.2) is 35.1 Å².